The fourth-order valence-corrected chi connectivity index (χ4v) is 2.62. The Morgan fingerprint density at radius 1 is 1.47 bits per heavy atom. The van der Waals surface area contributed by atoms with Gasteiger partial charge in [0.1, 0.15) is 5.82 Å². The van der Waals surface area contributed by atoms with Crippen molar-refractivity contribution in [3.05, 3.63) is 29.6 Å². The molecule has 1 saturated heterocycles. The SMILES string of the molecule is CSc1ccc(F)c(C2(C)CCCN2)c1. The minimum Gasteiger partial charge on any atom is -0.308 e. The average Bonchev–Trinajstić information content (AvgIpc) is 2.67. The highest BCUT2D eigenvalue weighted by atomic mass is 32.2. The molecule has 0 bridgehead atoms. The molecule has 1 aliphatic heterocycles. The largest absolute Gasteiger partial charge is 0.308 e. The maximum absolute atomic E-state index is 13.8. The van der Waals surface area contributed by atoms with E-state index >= 15 is 0 Å². The van der Waals surface area contributed by atoms with Gasteiger partial charge in [-0.3, -0.25) is 0 Å². The maximum atomic E-state index is 13.8. The molecule has 1 unspecified atom stereocenters. The molecule has 15 heavy (non-hydrogen) atoms. The molecule has 1 aromatic rings. The average molecular weight is 225 g/mol. The Hall–Kier alpha value is -0.540. The van der Waals surface area contributed by atoms with Crippen LogP contribution in [-0.2, 0) is 5.54 Å². The van der Waals surface area contributed by atoms with E-state index in [0.717, 1.165) is 29.8 Å². The summed E-state index contributed by atoms with van der Waals surface area (Å²) < 4.78 is 13.8. The molecule has 1 atom stereocenters. The fourth-order valence-electron chi connectivity index (χ4n) is 2.18. The molecule has 1 heterocycles. The minimum atomic E-state index is -0.171. The first-order valence-corrected chi connectivity index (χ1v) is 6.47. The lowest BCUT2D eigenvalue weighted by molar-refractivity contribution is 0.409. The quantitative estimate of drug-likeness (QED) is 0.776. The molecule has 0 amide bonds. The van der Waals surface area contributed by atoms with E-state index in [1.54, 1.807) is 17.8 Å². The molecule has 1 N–H and O–H groups in total. The minimum absolute atomic E-state index is 0.0929. The lowest BCUT2D eigenvalue weighted by Gasteiger charge is -2.25. The van der Waals surface area contributed by atoms with Crippen LogP contribution in [0, 0.1) is 5.82 Å². The summed E-state index contributed by atoms with van der Waals surface area (Å²) in [4.78, 5) is 1.13. The van der Waals surface area contributed by atoms with Crippen molar-refractivity contribution in [1.29, 1.82) is 0 Å². The van der Waals surface area contributed by atoms with Gasteiger partial charge in [-0.05, 0) is 50.8 Å². The second-order valence-electron chi connectivity index (χ2n) is 4.21. The molecule has 0 aromatic heterocycles. The molecule has 1 nitrogen and oxygen atoms in total. The highest BCUT2D eigenvalue weighted by Crippen LogP contribution is 2.33. The molecule has 0 aliphatic carbocycles. The van der Waals surface area contributed by atoms with Crippen LogP contribution >= 0.6 is 11.8 Å². The van der Waals surface area contributed by atoms with E-state index in [1.807, 2.05) is 18.4 Å². The van der Waals surface area contributed by atoms with E-state index in [4.69, 9.17) is 0 Å². The second-order valence-corrected chi connectivity index (χ2v) is 5.09. The topological polar surface area (TPSA) is 12.0 Å². The molecular weight excluding hydrogens is 209 g/mol. The molecule has 3 heteroatoms. The van der Waals surface area contributed by atoms with E-state index in [-0.39, 0.29) is 11.4 Å². The van der Waals surface area contributed by atoms with Gasteiger partial charge in [0.2, 0.25) is 0 Å². The van der Waals surface area contributed by atoms with Crippen LogP contribution in [0.5, 0.6) is 0 Å². The van der Waals surface area contributed by atoms with E-state index in [9.17, 15) is 4.39 Å². The van der Waals surface area contributed by atoms with Crippen LogP contribution in [0.4, 0.5) is 4.39 Å². The van der Waals surface area contributed by atoms with Gasteiger partial charge < -0.3 is 5.32 Å². The first-order chi connectivity index (χ1) is 7.15. The van der Waals surface area contributed by atoms with Crippen LogP contribution in [-0.4, -0.2) is 12.8 Å². The first kappa shape index (κ1) is 11.0. The summed E-state index contributed by atoms with van der Waals surface area (Å²) in [7, 11) is 0. The van der Waals surface area contributed by atoms with Crippen LogP contribution in [0.2, 0.25) is 0 Å². The lowest BCUT2D eigenvalue weighted by Crippen LogP contribution is -2.34. The van der Waals surface area contributed by atoms with E-state index in [0.29, 0.717) is 0 Å². The summed E-state index contributed by atoms with van der Waals surface area (Å²) in [6.07, 6.45) is 4.16. The predicted molar refractivity (Wildman–Crippen MR) is 62.8 cm³/mol. The van der Waals surface area contributed by atoms with Gasteiger partial charge in [0.15, 0.2) is 0 Å². The third-order valence-electron chi connectivity index (χ3n) is 3.14. The molecule has 0 saturated carbocycles. The van der Waals surface area contributed by atoms with Crippen molar-refractivity contribution in [2.75, 3.05) is 12.8 Å². The van der Waals surface area contributed by atoms with E-state index < -0.39 is 0 Å². The summed E-state index contributed by atoms with van der Waals surface area (Å²) in [6, 6.07) is 5.38. The number of benzene rings is 1. The molecule has 0 spiro atoms. The summed E-state index contributed by atoms with van der Waals surface area (Å²) in [5, 5.41) is 3.39. The fraction of sp³-hybridized carbons (Fsp3) is 0.500. The smallest absolute Gasteiger partial charge is 0.128 e. The van der Waals surface area contributed by atoms with Gasteiger partial charge in [0.05, 0.1) is 0 Å². The number of rotatable bonds is 2. The van der Waals surface area contributed by atoms with Crippen molar-refractivity contribution < 1.29 is 4.39 Å². The lowest BCUT2D eigenvalue weighted by atomic mass is 9.90. The van der Waals surface area contributed by atoms with Crippen molar-refractivity contribution in [3.8, 4) is 0 Å². The first-order valence-electron chi connectivity index (χ1n) is 5.25. The molecule has 1 aromatic carbocycles. The van der Waals surface area contributed by atoms with Crippen molar-refractivity contribution in [2.45, 2.75) is 30.2 Å². The third kappa shape index (κ3) is 2.04. The van der Waals surface area contributed by atoms with Gasteiger partial charge in [-0.25, -0.2) is 4.39 Å². The Kier molecular flexibility index (Phi) is 3.03. The molecular formula is C12H16FNS. The van der Waals surface area contributed by atoms with Crippen LogP contribution in [0.3, 0.4) is 0 Å². The highest BCUT2D eigenvalue weighted by Gasteiger charge is 2.32. The molecule has 0 radical (unpaired) electrons. The van der Waals surface area contributed by atoms with E-state index in [1.165, 1.54) is 0 Å². The Morgan fingerprint density at radius 2 is 2.27 bits per heavy atom. The summed E-state index contributed by atoms with van der Waals surface area (Å²) >= 11 is 1.65. The number of thioether (sulfide) groups is 1. The zero-order valence-corrected chi connectivity index (χ0v) is 9.96. The molecule has 1 fully saturated rings. The van der Waals surface area contributed by atoms with E-state index in [2.05, 4.69) is 12.2 Å². The zero-order chi connectivity index (χ0) is 10.9. The van der Waals surface area contributed by atoms with Crippen molar-refractivity contribution in [3.63, 3.8) is 0 Å². The van der Waals surface area contributed by atoms with Gasteiger partial charge in [-0.15, -0.1) is 11.8 Å². The van der Waals surface area contributed by atoms with Crippen LogP contribution in [0.1, 0.15) is 25.3 Å². The van der Waals surface area contributed by atoms with Crippen molar-refractivity contribution in [1.82, 2.24) is 5.32 Å². The van der Waals surface area contributed by atoms with Gasteiger partial charge in [-0.1, -0.05) is 0 Å². The van der Waals surface area contributed by atoms with Gasteiger partial charge in [-0.2, -0.15) is 0 Å². The maximum Gasteiger partial charge on any atom is 0.128 e. The molecule has 1 aliphatic rings. The number of halogens is 1. The summed E-state index contributed by atoms with van der Waals surface area (Å²) in [5.74, 6) is -0.0929. The number of nitrogens with one attached hydrogen (secondary N) is 1. The Morgan fingerprint density at radius 3 is 2.87 bits per heavy atom. The Balaban J connectivity index is 2.41. The van der Waals surface area contributed by atoms with Crippen LogP contribution in [0.15, 0.2) is 23.1 Å². The standard InChI is InChI=1S/C12H16FNS/c1-12(6-3-7-14-12)10-8-9(15-2)4-5-11(10)13/h4-5,8,14H,3,6-7H2,1-2H3. The monoisotopic (exact) mass is 225 g/mol. The van der Waals surface area contributed by atoms with Crippen molar-refractivity contribution in [2.24, 2.45) is 0 Å². The molecule has 2 rings (SSSR count). The summed E-state index contributed by atoms with van der Waals surface area (Å²) in [5.41, 5.74) is 0.641. The third-order valence-corrected chi connectivity index (χ3v) is 3.86. The Bertz CT molecular complexity index is 359. The van der Waals surface area contributed by atoms with Gasteiger partial charge >= 0.3 is 0 Å². The number of hydrogen-bond donors (Lipinski definition) is 1. The molecule has 82 valence electrons. The Labute approximate surface area is 94.5 Å². The van der Waals surface area contributed by atoms with Gasteiger partial charge in [0.25, 0.3) is 0 Å². The van der Waals surface area contributed by atoms with Crippen molar-refractivity contribution >= 4 is 11.8 Å². The predicted octanol–water partition coefficient (Wildman–Crippen LogP) is 3.15. The second kappa shape index (κ2) is 4.14. The normalized spacial score (nSPS) is 25.8. The zero-order valence-electron chi connectivity index (χ0n) is 9.14. The van der Waals surface area contributed by atoms with Crippen LogP contribution < -0.4 is 5.32 Å². The van der Waals surface area contributed by atoms with Gasteiger partial charge in [0, 0.05) is 16.0 Å². The summed E-state index contributed by atoms with van der Waals surface area (Å²) in [6.45, 7) is 3.07. The van der Waals surface area contributed by atoms with Crippen LogP contribution in [0.25, 0.3) is 0 Å². The highest BCUT2D eigenvalue weighted by molar-refractivity contribution is 7.98. The number of hydrogen-bond acceptors (Lipinski definition) is 2.